The summed E-state index contributed by atoms with van der Waals surface area (Å²) < 4.78 is 42.1. The van der Waals surface area contributed by atoms with Crippen molar-refractivity contribution in [2.24, 2.45) is 5.92 Å². The molecule has 0 radical (unpaired) electrons. The molecule has 1 aromatic carbocycles. The molecule has 0 aliphatic rings. The van der Waals surface area contributed by atoms with Gasteiger partial charge < -0.3 is 15.2 Å². The lowest BCUT2D eigenvalue weighted by Gasteiger charge is -2.22. The second-order valence-corrected chi connectivity index (χ2v) is 5.37. The molecular weight excluding hydrogens is 341 g/mol. The van der Waals surface area contributed by atoms with Crippen LogP contribution in [0.2, 0.25) is 0 Å². The van der Waals surface area contributed by atoms with Crippen LogP contribution in [0.3, 0.4) is 0 Å². The molecule has 0 spiro atoms. The van der Waals surface area contributed by atoms with Gasteiger partial charge in [0.2, 0.25) is 0 Å². The van der Waals surface area contributed by atoms with E-state index >= 15 is 0 Å². The number of aliphatic hydroxyl groups excluding tert-OH is 1. The van der Waals surface area contributed by atoms with Crippen molar-refractivity contribution in [3.8, 4) is 6.07 Å². The first-order chi connectivity index (χ1) is 11.6. The zero-order valence-electron chi connectivity index (χ0n) is 13.5. The number of hydrogen-bond donors (Lipinski definition) is 2. The minimum absolute atomic E-state index is 0.0452. The standard InChI is InChI=1S/C16H17F3N2O4/c1-9(7-8-20)12(15(24)25-2)21-14(23)13(22)10-3-5-11(6-4-10)16(17,18)19/h3-6,9,12-13,22H,7H2,1-2H3,(H,21,23)/t9-,12+,13-/m1/s1. The number of methoxy groups -OCH3 is 1. The summed E-state index contributed by atoms with van der Waals surface area (Å²) in [5, 5.41) is 20.9. The van der Waals surface area contributed by atoms with Gasteiger partial charge in [-0.1, -0.05) is 19.1 Å². The van der Waals surface area contributed by atoms with Gasteiger partial charge in [0.05, 0.1) is 18.7 Å². The molecule has 0 unspecified atom stereocenters. The minimum atomic E-state index is -4.53. The maximum Gasteiger partial charge on any atom is 0.416 e. The van der Waals surface area contributed by atoms with Crippen LogP contribution in [0, 0.1) is 17.2 Å². The molecule has 136 valence electrons. The molecule has 0 heterocycles. The van der Waals surface area contributed by atoms with Crippen LogP contribution in [0.15, 0.2) is 24.3 Å². The number of carbonyl (C=O) groups is 2. The lowest BCUT2D eigenvalue weighted by Crippen LogP contribution is -2.47. The summed E-state index contributed by atoms with van der Waals surface area (Å²) in [5.41, 5.74) is -0.985. The topological polar surface area (TPSA) is 99.4 Å². The number of ether oxygens (including phenoxy) is 1. The van der Waals surface area contributed by atoms with E-state index < -0.39 is 41.7 Å². The number of amides is 1. The molecule has 3 atom stereocenters. The highest BCUT2D eigenvalue weighted by Gasteiger charge is 2.32. The van der Waals surface area contributed by atoms with Crippen LogP contribution in [0.5, 0.6) is 0 Å². The summed E-state index contributed by atoms with van der Waals surface area (Å²) in [6.45, 7) is 1.54. The van der Waals surface area contributed by atoms with Crippen molar-refractivity contribution >= 4 is 11.9 Å². The molecule has 1 aromatic rings. The van der Waals surface area contributed by atoms with E-state index in [1.807, 2.05) is 6.07 Å². The first-order valence-corrected chi connectivity index (χ1v) is 7.22. The summed E-state index contributed by atoms with van der Waals surface area (Å²) >= 11 is 0. The predicted octanol–water partition coefficient (Wildman–Crippen LogP) is 1.95. The summed E-state index contributed by atoms with van der Waals surface area (Å²) in [7, 11) is 1.10. The van der Waals surface area contributed by atoms with Crippen LogP contribution < -0.4 is 5.32 Å². The lowest BCUT2D eigenvalue weighted by molar-refractivity contribution is -0.147. The molecule has 2 N–H and O–H groups in total. The first kappa shape index (κ1) is 20.4. The van der Waals surface area contributed by atoms with Gasteiger partial charge in [0.1, 0.15) is 6.04 Å². The van der Waals surface area contributed by atoms with Gasteiger partial charge in [-0.3, -0.25) is 4.79 Å². The SMILES string of the molecule is COC(=O)[C@@H](NC(=O)[C@H](O)c1ccc(C(F)(F)F)cc1)[C@H](C)CC#N. The van der Waals surface area contributed by atoms with Gasteiger partial charge in [-0.2, -0.15) is 18.4 Å². The molecule has 0 bridgehead atoms. The molecular formula is C16H17F3N2O4. The fourth-order valence-electron chi connectivity index (χ4n) is 2.06. The molecule has 0 fully saturated rings. The van der Waals surface area contributed by atoms with Crippen molar-refractivity contribution in [2.45, 2.75) is 31.7 Å². The maximum absolute atomic E-state index is 12.5. The number of nitriles is 1. The predicted molar refractivity (Wildman–Crippen MR) is 79.7 cm³/mol. The zero-order valence-corrected chi connectivity index (χ0v) is 13.5. The van der Waals surface area contributed by atoms with Crippen LogP contribution in [0.25, 0.3) is 0 Å². The smallest absolute Gasteiger partial charge is 0.416 e. The molecule has 1 amide bonds. The van der Waals surface area contributed by atoms with E-state index in [1.165, 1.54) is 6.92 Å². The van der Waals surface area contributed by atoms with Crippen LogP contribution in [0.1, 0.15) is 30.6 Å². The van der Waals surface area contributed by atoms with Crippen molar-refractivity contribution in [1.82, 2.24) is 5.32 Å². The van der Waals surface area contributed by atoms with Crippen LogP contribution in [0.4, 0.5) is 13.2 Å². The highest BCUT2D eigenvalue weighted by molar-refractivity contribution is 5.87. The normalized spacial score (nSPS) is 14.8. The third-order valence-corrected chi connectivity index (χ3v) is 3.54. The van der Waals surface area contributed by atoms with E-state index in [2.05, 4.69) is 10.1 Å². The van der Waals surface area contributed by atoms with Gasteiger partial charge in [0.15, 0.2) is 6.10 Å². The molecule has 9 heteroatoms. The summed E-state index contributed by atoms with van der Waals surface area (Å²) in [6.07, 6.45) is -6.35. The Morgan fingerprint density at radius 2 is 1.88 bits per heavy atom. The second kappa shape index (κ2) is 8.48. The van der Waals surface area contributed by atoms with Crippen molar-refractivity contribution in [1.29, 1.82) is 5.26 Å². The number of nitrogens with zero attached hydrogens (tertiary/aromatic N) is 1. The summed E-state index contributed by atoms with van der Waals surface area (Å²) in [4.78, 5) is 23.8. The number of halogens is 3. The fourth-order valence-corrected chi connectivity index (χ4v) is 2.06. The van der Waals surface area contributed by atoms with E-state index in [-0.39, 0.29) is 12.0 Å². The lowest BCUT2D eigenvalue weighted by atomic mass is 9.98. The van der Waals surface area contributed by atoms with Gasteiger partial charge in [0, 0.05) is 12.3 Å². The average Bonchev–Trinajstić information content (AvgIpc) is 2.57. The second-order valence-electron chi connectivity index (χ2n) is 5.37. The number of nitrogens with one attached hydrogen (secondary N) is 1. The molecule has 0 saturated heterocycles. The third kappa shape index (κ3) is 5.46. The Hall–Kier alpha value is -2.60. The number of hydrogen-bond acceptors (Lipinski definition) is 5. The molecule has 6 nitrogen and oxygen atoms in total. The quantitative estimate of drug-likeness (QED) is 0.757. The zero-order chi connectivity index (χ0) is 19.2. The number of rotatable bonds is 6. The fraction of sp³-hybridized carbons (Fsp3) is 0.438. The number of carbonyl (C=O) groups excluding carboxylic acids is 2. The average molecular weight is 358 g/mol. The van der Waals surface area contributed by atoms with E-state index in [9.17, 15) is 27.9 Å². The highest BCUT2D eigenvalue weighted by atomic mass is 19.4. The van der Waals surface area contributed by atoms with Gasteiger partial charge >= 0.3 is 12.1 Å². The van der Waals surface area contributed by atoms with E-state index in [4.69, 9.17) is 5.26 Å². The Morgan fingerprint density at radius 3 is 2.32 bits per heavy atom. The van der Waals surface area contributed by atoms with Crippen LogP contribution in [-0.4, -0.2) is 30.1 Å². The summed E-state index contributed by atoms with van der Waals surface area (Å²) in [6, 6.07) is 4.11. The third-order valence-electron chi connectivity index (χ3n) is 3.54. The molecule has 0 aromatic heterocycles. The Kier molecular flexibility index (Phi) is 6.94. The van der Waals surface area contributed by atoms with Crippen molar-refractivity contribution in [2.75, 3.05) is 7.11 Å². The number of esters is 1. The van der Waals surface area contributed by atoms with E-state index in [0.29, 0.717) is 0 Å². The Labute approximate surface area is 142 Å². The van der Waals surface area contributed by atoms with Crippen LogP contribution in [-0.2, 0) is 20.5 Å². The van der Waals surface area contributed by atoms with Gasteiger partial charge in [-0.05, 0) is 17.7 Å². The Bertz CT molecular complexity index is 653. The molecule has 1 rings (SSSR count). The Morgan fingerprint density at radius 1 is 1.32 bits per heavy atom. The van der Waals surface area contributed by atoms with Gasteiger partial charge in [0.25, 0.3) is 5.91 Å². The van der Waals surface area contributed by atoms with Gasteiger partial charge in [-0.25, -0.2) is 4.79 Å². The Balaban J connectivity index is 2.90. The minimum Gasteiger partial charge on any atom is -0.467 e. The molecule has 0 saturated carbocycles. The van der Waals surface area contributed by atoms with Crippen molar-refractivity contribution in [3.05, 3.63) is 35.4 Å². The van der Waals surface area contributed by atoms with Gasteiger partial charge in [-0.15, -0.1) is 0 Å². The van der Waals surface area contributed by atoms with Crippen molar-refractivity contribution in [3.63, 3.8) is 0 Å². The van der Waals surface area contributed by atoms with Crippen molar-refractivity contribution < 1.29 is 32.6 Å². The summed E-state index contributed by atoms with van der Waals surface area (Å²) in [5.74, 6) is -2.36. The number of aliphatic hydroxyl groups is 1. The largest absolute Gasteiger partial charge is 0.467 e. The maximum atomic E-state index is 12.5. The number of benzene rings is 1. The highest BCUT2D eigenvalue weighted by Crippen LogP contribution is 2.30. The number of alkyl halides is 3. The molecule has 0 aliphatic carbocycles. The van der Waals surface area contributed by atoms with E-state index in [0.717, 1.165) is 31.4 Å². The van der Waals surface area contributed by atoms with Crippen LogP contribution >= 0.6 is 0 Å². The van der Waals surface area contributed by atoms with E-state index in [1.54, 1.807) is 0 Å². The molecule has 0 aliphatic heterocycles. The first-order valence-electron chi connectivity index (χ1n) is 7.22. The monoisotopic (exact) mass is 358 g/mol. The molecule has 25 heavy (non-hydrogen) atoms.